The molecule has 0 aliphatic heterocycles. The number of carbonyl (C=O) groups is 3. The third-order valence-corrected chi connectivity index (χ3v) is 3.94. The van der Waals surface area contributed by atoms with Gasteiger partial charge in [0.15, 0.2) is 0 Å². The van der Waals surface area contributed by atoms with Crippen molar-refractivity contribution in [3.05, 3.63) is 35.4 Å². The lowest BCUT2D eigenvalue weighted by Gasteiger charge is -2.20. The molecule has 0 fully saturated rings. The van der Waals surface area contributed by atoms with Crippen LogP contribution in [0.5, 0.6) is 0 Å². The van der Waals surface area contributed by atoms with E-state index in [4.69, 9.17) is 0 Å². The van der Waals surface area contributed by atoms with Crippen LogP contribution in [-0.2, 0) is 9.59 Å². The van der Waals surface area contributed by atoms with Gasteiger partial charge in [0.25, 0.3) is 5.91 Å². The quantitative estimate of drug-likeness (QED) is 0.597. The molecule has 0 radical (unpaired) electrons. The van der Waals surface area contributed by atoms with Crippen LogP contribution in [0, 0.1) is 12.8 Å². The van der Waals surface area contributed by atoms with Crippen molar-refractivity contribution >= 4 is 17.7 Å². The van der Waals surface area contributed by atoms with Crippen molar-refractivity contribution in [2.45, 2.75) is 53.0 Å². The van der Waals surface area contributed by atoms with Gasteiger partial charge in [0, 0.05) is 25.1 Å². The zero-order valence-corrected chi connectivity index (χ0v) is 16.2. The van der Waals surface area contributed by atoms with Gasteiger partial charge in [-0.1, -0.05) is 39.0 Å². The molecule has 0 aliphatic carbocycles. The van der Waals surface area contributed by atoms with Crippen LogP contribution >= 0.6 is 0 Å². The normalized spacial score (nSPS) is 11.7. The van der Waals surface area contributed by atoms with Gasteiger partial charge in [0.2, 0.25) is 11.8 Å². The monoisotopic (exact) mass is 361 g/mol. The Morgan fingerprint density at radius 1 is 1.04 bits per heavy atom. The summed E-state index contributed by atoms with van der Waals surface area (Å²) in [7, 11) is 0. The lowest BCUT2D eigenvalue weighted by atomic mass is 10.0. The fraction of sp³-hybridized carbons (Fsp3) is 0.550. The first-order chi connectivity index (χ1) is 12.3. The molecule has 1 aromatic rings. The van der Waals surface area contributed by atoms with Crippen LogP contribution in [-0.4, -0.2) is 36.9 Å². The smallest absolute Gasteiger partial charge is 0.252 e. The van der Waals surface area contributed by atoms with Gasteiger partial charge in [0.05, 0.1) is 0 Å². The summed E-state index contributed by atoms with van der Waals surface area (Å²) in [6.07, 6.45) is 1.64. The van der Waals surface area contributed by atoms with Crippen molar-refractivity contribution < 1.29 is 14.4 Å². The zero-order chi connectivity index (χ0) is 19.5. The number of hydrogen-bond donors (Lipinski definition) is 3. The van der Waals surface area contributed by atoms with E-state index in [1.54, 1.807) is 12.1 Å². The standard InChI is InChI=1S/C20H31N3O3/c1-5-11-21-18(24)10-12-22-20(26)17(13-14(2)3)23-19(25)16-9-7-6-8-15(16)4/h6-9,14,17H,5,10-13H2,1-4H3,(H,21,24)(H,22,26)(H,23,25). The van der Waals surface area contributed by atoms with E-state index in [2.05, 4.69) is 16.0 Å². The average molecular weight is 361 g/mol. The van der Waals surface area contributed by atoms with Gasteiger partial charge in [-0.05, 0) is 37.3 Å². The number of aryl methyl sites for hydroxylation is 1. The van der Waals surface area contributed by atoms with Crippen molar-refractivity contribution in [3.8, 4) is 0 Å². The van der Waals surface area contributed by atoms with Crippen molar-refractivity contribution in [1.29, 1.82) is 0 Å². The highest BCUT2D eigenvalue weighted by Gasteiger charge is 2.23. The first-order valence-corrected chi connectivity index (χ1v) is 9.26. The van der Waals surface area contributed by atoms with E-state index in [0.717, 1.165) is 12.0 Å². The largest absolute Gasteiger partial charge is 0.356 e. The van der Waals surface area contributed by atoms with Crippen molar-refractivity contribution in [2.24, 2.45) is 5.92 Å². The minimum atomic E-state index is -0.624. The van der Waals surface area contributed by atoms with Crippen molar-refractivity contribution in [1.82, 2.24) is 16.0 Å². The Morgan fingerprint density at radius 3 is 2.35 bits per heavy atom. The Kier molecular flexibility index (Phi) is 9.41. The number of carbonyl (C=O) groups excluding carboxylic acids is 3. The van der Waals surface area contributed by atoms with E-state index in [0.29, 0.717) is 18.5 Å². The molecule has 144 valence electrons. The second-order valence-electron chi connectivity index (χ2n) is 6.86. The molecule has 1 unspecified atom stereocenters. The molecule has 6 heteroatoms. The van der Waals surface area contributed by atoms with E-state index in [1.165, 1.54) is 0 Å². The number of hydrogen-bond acceptors (Lipinski definition) is 3. The van der Waals surface area contributed by atoms with Gasteiger partial charge >= 0.3 is 0 Å². The number of amides is 3. The van der Waals surface area contributed by atoms with Gasteiger partial charge in [-0.3, -0.25) is 14.4 Å². The molecule has 0 aliphatic rings. The third-order valence-electron chi connectivity index (χ3n) is 3.94. The summed E-state index contributed by atoms with van der Waals surface area (Å²) in [5, 5.41) is 8.35. The minimum absolute atomic E-state index is 0.0866. The van der Waals surface area contributed by atoms with Gasteiger partial charge in [-0.2, -0.15) is 0 Å². The lowest BCUT2D eigenvalue weighted by Crippen LogP contribution is -2.48. The highest BCUT2D eigenvalue weighted by atomic mass is 16.2. The molecule has 1 aromatic carbocycles. The molecule has 0 heterocycles. The first-order valence-electron chi connectivity index (χ1n) is 9.26. The topological polar surface area (TPSA) is 87.3 Å². The molecular weight excluding hydrogens is 330 g/mol. The van der Waals surface area contributed by atoms with E-state index in [9.17, 15) is 14.4 Å². The summed E-state index contributed by atoms with van der Waals surface area (Å²) < 4.78 is 0. The molecule has 0 saturated carbocycles. The highest BCUT2D eigenvalue weighted by molar-refractivity contribution is 5.98. The van der Waals surface area contributed by atoms with Crippen LogP contribution in [0.25, 0.3) is 0 Å². The summed E-state index contributed by atoms with van der Waals surface area (Å²) in [5.74, 6) is -0.360. The predicted molar refractivity (Wildman–Crippen MR) is 103 cm³/mol. The SMILES string of the molecule is CCCNC(=O)CCNC(=O)C(CC(C)C)NC(=O)c1ccccc1C. The van der Waals surface area contributed by atoms with Gasteiger partial charge < -0.3 is 16.0 Å². The van der Waals surface area contributed by atoms with Gasteiger partial charge in [-0.15, -0.1) is 0 Å². The fourth-order valence-corrected chi connectivity index (χ4v) is 2.54. The van der Waals surface area contributed by atoms with Crippen LogP contribution in [0.3, 0.4) is 0 Å². The maximum Gasteiger partial charge on any atom is 0.252 e. The Bertz CT molecular complexity index is 614. The lowest BCUT2D eigenvalue weighted by molar-refractivity contribution is -0.124. The molecule has 3 N–H and O–H groups in total. The number of benzene rings is 1. The van der Waals surface area contributed by atoms with Gasteiger partial charge in [0.1, 0.15) is 6.04 Å². The van der Waals surface area contributed by atoms with Crippen LogP contribution in [0.4, 0.5) is 0 Å². The summed E-state index contributed by atoms with van der Waals surface area (Å²) in [6.45, 7) is 8.73. The summed E-state index contributed by atoms with van der Waals surface area (Å²) in [5.41, 5.74) is 1.43. The Hall–Kier alpha value is -2.37. The zero-order valence-electron chi connectivity index (χ0n) is 16.2. The molecule has 0 saturated heterocycles. The third kappa shape index (κ3) is 7.68. The summed E-state index contributed by atoms with van der Waals surface area (Å²) >= 11 is 0. The maximum atomic E-state index is 12.5. The highest BCUT2D eigenvalue weighted by Crippen LogP contribution is 2.10. The molecule has 6 nitrogen and oxygen atoms in total. The van der Waals surface area contributed by atoms with Crippen LogP contribution in [0.2, 0.25) is 0 Å². The average Bonchev–Trinajstić information content (AvgIpc) is 2.59. The van der Waals surface area contributed by atoms with E-state index < -0.39 is 6.04 Å². The summed E-state index contributed by atoms with van der Waals surface area (Å²) in [6, 6.07) is 6.65. The van der Waals surface area contributed by atoms with Crippen LogP contribution in [0.1, 0.15) is 56.0 Å². The van der Waals surface area contributed by atoms with Crippen molar-refractivity contribution in [2.75, 3.05) is 13.1 Å². The minimum Gasteiger partial charge on any atom is -0.356 e. The summed E-state index contributed by atoms with van der Waals surface area (Å²) in [4.78, 5) is 36.6. The van der Waals surface area contributed by atoms with E-state index in [-0.39, 0.29) is 36.6 Å². The number of rotatable bonds is 10. The molecule has 0 aromatic heterocycles. The molecule has 3 amide bonds. The second kappa shape index (κ2) is 11.3. The fourth-order valence-electron chi connectivity index (χ4n) is 2.54. The maximum absolute atomic E-state index is 12.5. The molecular formula is C20H31N3O3. The van der Waals surface area contributed by atoms with E-state index in [1.807, 2.05) is 39.8 Å². The molecule has 0 bridgehead atoms. The predicted octanol–water partition coefficient (Wildman–Crippen LogP) is 2.17. The Labute approximate surface area is 156 Å². The van der Waals surface area contributed by atoms with Gasteiger partial charge in [-0.25, -0.2) is 0 Å². The molecule has 1 atom stereocenters. The molecule has 0 spiro atoms. The van der Waals surface area contributed by atoms with Crippen LogP contribution in [0.15, 0.2) is 24.3 Å². The second-order valence-corrected chi connectivity index (χ2v) is 6.86. The number of nitrogens with one attached hydrogen (secondary N) is 3. The Balaban J connectivity index is 2.62. The Morgan fingerprint density at radius 2 is 1.73 bits per heavy atom. The van der Waals surface area contributed by atoms with Crippen molar-refractivity contribution in [3.63, 3.8) is 0 Å². The first kappa shape index (κ1) is 21.7. The van der Waals surface area contributed by atoms with Crippen LogP contribution < -0.4 is 16.0 Å². The molecule has 1 rings (SSSR count). The van der Waals surface area contributed by atoms with E-state index >= 15 is 0 Å². The molecule has 26 heavy (non-hydrogen) atoms.